The molecule has 0 aliphatic heterocycles. The van der Waals surface area contributed by atoms with E-state index in [-0.39, 0.29) is 12.3 Å². The molecule has 1 aromatic rings. The number of hydrogen-bond donors (Lipinski definition) is 2. The molecule has 1 saturated carbocycles. The molecule has 1 fully saturated rings. The zero-order chi connectivity index (χ0) is 18.2. The van der Waals surface area contributed by atoms with Crippen LogP contribution in [0.5, 0.6) is 0 Å². The summed E-state index contributed by atoms with van der Waals surface area (Å²) >= 11 is 0. The second-order valence-corrected chi connectivity index (χ2v) is 5.60. The van der Waals surface area contributed by atoms with Gasteiger partial charge in [0, 0.05) is 12.6 Å². The van der Waals surface area contributed by atoms with Crippen LogP contribution in [0.1, 0.15) is 30.4 Å². The molecule has 0 atom stereocenters. The van der Waals surface area contributed by atoms with Crippen LogP contribution >= 0.6 is 0 Å². The molecule has 0 heterocycles. The van der Waals surface area contributed by atoms with Gasteiger partial charge in [-0.3, -0.25) is 20.2 Å². The molecular formula is C13H15F3N4O4. The van der Waals surface area contributed by atoms with Crippen LogP contribution in [0.2, 0.25) is 0 Å². The van der Waals surface area contributed by atoms with Gasteiger partial charge in [0.05, 0.1) is 15.4 Å². The van der Waals surface area contributed by atoms with Crippen LogP contribution in [0.4, 0.5) is 35.9 Å². The average molecular weight is 348 g/mol. The fourth-order valence-electron chi connectivity index (χ4n) is 2.93. The van der Waals surface area contributed by atoms with E-state index in [9.17, 15) is 33.4 Å². The number of nitrogens with zero attached hydrogens (tertiary/aromatic N) is 2. The van der Waals surface area contributed by atoms with Gasteiger partial charge >= 0.3 is 17.6 Å². The van der Waals surface area contributed by atoms with E-state index in [1.54, 1.807) is 0 Å². The molecule has 1 aliphatic carbocycles. The Bertz CT molecular complexity index is 702. The average Bonchev–Trinajstić information content (AvgIpc) is 2.39. The molecule has 3 N–H and O–H groups in total. The lowest BCUT2D eigenvalue weighted by Crippen LogP contribution is -2.22. The van der Waals surface area contributed by atoms with Crippen molar-refractivity contribution in [3.63, 3.8) is 0 Å². The molecule has 0 amide bonds. The van der Waals surface area contributed by atoms with Gasteiger partial charge in [-0.05, 0) is 12.3 Å². The number of nitrogens with two attached hydrogens (primary N) is 1. The van der Waals surface area contributed by atoms with Gasteiger partial charge in [0.2, 0.25) is 0 Å². The highest BCUT2D eigenvalue weighted by Gasteiger charge is 2.46. The molecule has 11 heteroatoms. The highest BCUT2D eigenvalue weighted by molar-refractivity contribution is 5.88. The summed E-state index contributed by atoms with van der Waals surface area (Å²) in [6.07, 6.45) is -3.09. The van der Waals surface area contributed by atoms with Crippen LogP contribution in [0.3, 0.4) is 0 Å². The lowest BCUT2D eigenvalue weighted by atomic mass is 9.79. The molecule has 24 heavy (non-hydrogen) atoms. The lowest BCUT2D eigenvalue weighted by molar-refractivity contribution is -0.392. The van der Waals surface area contributed by atoms with E-state index in [1.807, 2.05) is 0 Å². The Morgan fingerprint density at radius 3 is 2.08 bits per heavy atom. The minimum absolute atomic E-state index is 0.129. The molecule has 8 nitrogen and oxygen atoms in total. The number of alkyl halides is 3. The van der Waals surface area contributed by atoms with E-state index in [0.717, 1.165) is 13.5 Å². The second-order valence-electron chi connectivity index (χ2n) is 5.60. The Balaban J connectivity index is 2.88. The van der Waals surface area contributed by atoms with Crippen molar-refractivity contribution in [2.45, 2.75) is 31.9 Å². The van der Waals surface area contributed by atoms with E-state index in [4.69, 9.17) is 5.73 Å². The Labute approximate surface area is 134 Å². The van der Waals surface area contributed by atoms with Crippen molar-refractivity contribution < 1.29 is 23.0 Å². The van der Waals surface area contributed by atoms with E-state index < -0.39 is 49.9 Å². The Hall–Kier alpha value is -2.59. The maximum absolute atomic E-state index is 13.5. The molecule has 0 saturated heterocycles. The standard InChI is InChI=1S/C13H15F3N4O4/c1-18-10-11(19(21)22)7(5-6-3-2-4-6)8(13(14,15)16)9(17)12(10)20(23)24/h6,18H,2-5,17H2,1H3. The molecule has 2 rings (SSSR count). The van der Waals surface area contributed by atoms with Crippen LogP contribution in [0.25, 0.3) is 0 Å². The smallest absolute Gasteiger partial charge is 0.393 e. The number of halogens is 3. The molecular weight excluding hydrogens is 333 g/mol. The highest BCUT2D eigenvalue weighted by Crippen LogP contribution is 2.51. The number of nitro groups is 2. The zero-order valence-corrected chi connectivity index (χ0v) is 12.6. The van der Waals surface area contributed by atoms with E-state index in [1.165, 1.54) is 0 Å². The number of nitrogen functional groups attached to an aromatic ring is 1. The Morgan fingerprint density at radius 1 is 1.21 bits per heavy atom. The predicted molar refractivity (Wildman–Crippen MR) is 79.8 cm³/mol. The van der Waals surface area contributed by atoms with Crippen molar-refractivity contribution >= 4 is 22.7 Å². The number of nitro benzene ring substituents is 2. The first-order chi connectivity index (χ1) is 11.1. The van der Waals surface area contributed by atoms with Gasteiger partial charge in [-0.1, -0.05) is 19.3 Å². The largest absolute Gasteiger partial charge is 0.419 e. The molecule has 1 aromatic carbocycles. The molecule has 0 aromatic heterocycles. The van der Waals surface area contributed by atoms with E-state index in [2.05, 4.69) is 5.32 Å². The molecule has 0 spiro atoms. The second kappa shape index (κ2) is 6.13. The third kappa shape index (κ3) is 2.93. The minimum Gasteiger partial charge on any atom is -0.393 e. The minimum atomic E-state index is -5.04. The predicted octanol–water partition coefficient (Wildman–Crippen LogP) is 3.49. The summed E-state index contributed by atoms with van der Waals surface area (Å²) in [5, 5.41) is 24.8. The van der Waals surface area contributed by atoms with Crippen molar-refractivity contribution in [3.05, 3.63) is 31.4 Å². The van der Waals surface area contributed by atoms with Gasteiger partial charge in [0.15, 0.2) is 5.69 Å². The zero-order valence-electron chi connectivity index (χ0n) is 12.6. The highest BCUT2D eigenvalue weighted by atomic mass is 19.4. The van der Waals surface area contributed by atoms with Crippen LogP contribution in [-0.2, 0) is 12.6 Å². The van der Waals surface area contributed by atoms with Crippen molar-refractivity contribution in [1.82, 2.24) is 0 Å². The number of rotatable bonds is 5. The maximum Gasteiger partial charge on any atom is 0.419 e. The van der Waals surface area contributed by atoms with Gasteiger partial charge in [0.25, 0.3) is 0 Å². The molecule has 0 radical (unpaired) electrons. The number of anilines is 2. The van der Waals surface area contributed by atoms with Crippen LogP contribution in [0.15, 0.2) is 0 Å². The lowest BCUT2D eigenvalue weighted by Gasteiger charge is -2.27. The summed E-state index contributed by atoms with van der Waals surface area (Å²) in [5.74, 6) is -0.129. The quantitative estimate of drug-likeness (QED) is 0.477. The van der Waals surface area contributed by atoms with Crippen LogP contribution in [-0.4, -0.2) is 16.9 Å². The third-order valence-electron chi connectivity index (χ3n) is 4.20. The van der Waals surface area contributed by atoms with Crippen molar-refractivity contribution in [3.8, 4) is 0 Å². The van der Waals surface area contributed by atoms with Crippen molar-refractivity contribution in [2.75, 3.05) is 18.1 Å². The van der Waals surface area contributed by atoms with Crippen LogP contribution in [0, 0.1) is 26.1 Å². The first-order valence-electron chi connectivity index (χ1n) is 7.11. The maximum atomic E-state index is 13.5. The van der Waals surface area contributed by atoms with Crippen molar-refractivity contribution in [1.29, 1.82) is 0 Å². The topological polar surface area (TPSA) is 124 Å². The molecule has 0 bridgehead atoms. The SMILES string of the molecule is CNc1c([N+](=O)[O-])c(N)c(C(F)(F)F)c(CC2CCC2)c1[N+](=O)[O-]. The van der Waals surface area contributed by atoms with E-state index >= 15 is 0 Å². The number of nitrogens with one attached hydrogen (secondary N) is 1. The van der Waals surface area contributed by atoms with Gasteiger partial charge in [-0.2, -0.15) is 13.2 Å². The van der Waals surface area contributed by atoms with Crippen LogP contribution < -0.4 is 11.1 Å². The summed E-state index contributed by atoms with van der Waals surface area (Å²) in [4.78, 5) is 20.4. The number of hydrogen-bond acceptors (Lipinski definition) is 6. The summed E-state index contributed by atoms with van der Waals surface area (Å²) in [7, 11) is 1.16. The molecule has 132 valence electrons. The molecule has 0 unspecified atom stereocenters. The van der Waals surface area contributed by atoms with Gasteiger partial charge in [-0.15, -0.1) is 0 Å². The first kappa shape index (κ1) is 17.8. The summed E-state index contributed by atoms with van der Waals surface area (Å²) in [5.41, 5.74) is -0.415. The third-order valence-corrected chi connectivity index (χ3v) is 4.20. The fraction of sp³-hybridized carbons (Fsp3) is 0.538. The monoisotopic (exact) mass is 348 g/mol. The summed E-state index contributed by atoms with van der Waals surface area (Å²) < 4.78 is 40.4. The fourth-order valence-corrected chi connectivity index (χ4v) is 2.93. The number of benzene rings is 1. The van der Waals surface area contributed by atoms with E-state index in [0.29, 0.717) is 12.8 Å². The summed E-state index contributed by atoms with van der Waals surface area (Å²) in [6, 6.07) is 0. The van der Waals surface area contributed by atoms with Gasteiger partial charge in [0.1, 0.15) is 5.69 Å². The first-order valence-corrected chi connectivity index (χ1v) is 7.11. The van der Waals surface area contributed by atoms with Gasteiger partial charge < -0.3 is 11.1 Å². The Morgan fingerprint density at radius 2 is 1.75 bits per heavy atom. The normalized spacial score (nSPS) is 15.0. The Kier molecular flexibility index (Phi) is 4.54. The molecule has 1 aliphatic rings. The van der Waals surface area contributed by atoms with Crippen molar-refractivity contribution in [2.24, 2.45) is 5.92 Å². The van der Waals surface area contributed by atoms with Gasteiger partial charge in [-0.25, -0.2) is 0 Å². The summed E-state index contributed by atoms with van der Waals surface area (Å²) in [6.45, 7) is 0.